The first-order valence-electron chi connectivity index (χ1n) is 5.65. The summed E-state index contributed by atoms with van der Waals surface area (Å²) < 4.78 is 27.2. The normalized spacial score (nSPS) is 29.7. The maximum absolute atomic E-state index is 13.8. The van der Waals surface area contributed by atoms with Crippen molar-refractivity contribution in [2.75, 3.05) is 0 Å². The lowest BCUT2D eigenvalue weighted by Gasteiger charge is -2.19. The zero-order chi connectivity index (χ0) is 11.9. The first kappa shape index (κ1) is 11.5. The Balaban J connectivity index is 2.38. The van der Waals surface area contributed by atoms with Crippen molar-refractivity contribution in [1.82, 2.24) is 0 Å². The third-order valence-electron chi connectivity index (χ3n) is 3.72. The van der Waals surface area contributed by atoms with Crippen LogP contribution in [0, 0.1) is 24.5 Å². The predicted octanol–water partition coefficient (Wildman–Crippen LogP) is 3.15. The molecular weight excluding hydrogens is 210 g/mol. The van der Waals surface area contributed by atoms with E-state index in [2.05, 4.69) is 0 Å². The summed E-state index contributed by atoms with van der Waals surface area (Å²) in [5.41, 5.74) is 0.736. The summed E-state index contributed by atoms with van der Waals surface area (Å²) in [6.07, 6.45) is 0.997. The third kappa shape index (κ3) is 1.73. The molecule has 1 aliphatic carbocycles. The summed E-state index contributed by atoms with van der Waals surface area (Å²) in [6, 6.07) is 3.25. The quantitative estimate of drug-likeness (QED) is 0.780. The molecule has 3 atom stereocenters. The fourth-order valence-electron chi connectivity index (χ4n) is 2.53. The maximum Gasteiger partial charge on any atom is 0.162 e. The molecule has 0 amide bonds. The highest BCUT2D eigenvalue weighted by Gasteiger charge is 2.34. The average Bonchev–Trinajstić information content (AvgIpc) is 2.58. The van der Waals surface area contributed by atoms with E-state index in [0.29, 0.717) is 17.5 Å². The fourth-order valence-corrected chi connectivity index (χ4v) is 2.53. The predicted molar refractivity (Wildman–Crippen MR) is 58.2 cm³/mol. The molecule has 2 rings (SSSR count). The summed E-state index contributed by atoms with van der Waals surface area (Å²) >= 11 is 0. The molecule has 1 N–H and O–H groups in total. The molecule has 88 valence electrons. The number of aliphatic hydroxyl groups is 1. The van der Waals surface area contributed by atoms with Crippen molar-refractivity contribution in [1.29, 1.82) is 0 Å². The molecule has 3 unspecified atom stereocenters. The van der Waals surface area contributed by atoms with Crippen LogP contribution in [-0.4, -0.2) is 11.2 Å². The number of hydrogen-bond donors (Lipinski definition) is 1. The molecule has 1 nitrogen and oxygen atoms in total. The van der Waals surface area contributed by atoms with Gasteiger partial charge in [0.1, 0.15) is 0 Å². The maximum atomic E-state index is 13.8. The van der Waals surface area contributed by atoms with E-state index in [0.717, 1.165) is 6.42 Å². The van der Waals surface area contributed by atoms with Crippen LogP contribution in [0.25, 0.3) is 0 Å². The molecular formula is C13H16F2O. The highest BCUT2D eigenvalue weighted by Crippen LogP contribution is 2.40. The lowest BCUT2D eigenvalue weighted by atomic mass is 9.88. The summed E-state index contributed by atoms with van der Waals surface area (Å²) in [5, 5.41) is 9.63. The van der Waals surface area contributed by atoms with Crippen molar-refractivity contribution in [3.05, 3.63) is 34.9 Å². The van der Waals surface area contributed by atoms with E-state index >= 15 is 0 Å². The van der Waals surface area contributed by atoms with Gasteiger partial charge in [0, 0.05) is 0 Å². The Labute approximate surface area is 94.1 Å². The van der Waals surface area contributed by atoms with Gasteiger partial charge in [-0.1, -0.05) is 19.1 Å². The van der Waals surface area contributed by atoms with Gasteiger partial charge in [-0.25, -0.2) is 8.78 Å². The minimum Gasteiger partial charge on any atom is -0.393 e. The second-order valence-corrected chi connectivity index (χ2v) is 4.71. The molecule has 0 aliphatic heterocycles. The van der Waals surface area contributed by atoms with Gasteiger partial charge in [-0.05, 0) is 42.7 Å². The van der Waals surface area contributed by atoms with Gasteiger partial charge in [-0.3, -0.25) is 0 Å². The SMILES string of the molecule is Cc1ccc(C2CCC(O)C2C)c(F)c1F. The first-order valence-corrected chi connectivity index (χ1v) is 5.65. The number of benzene rings is 1. The lowest BCUT2D eigenvalue weighted by molar-refractivity contribution is 0.136. The Bertz CT molecular complexity index is 403. The second-order valence-electron chi connectivity index (χ2n) is 4.71. The van der Waals surface area contributed by atoms with Crippen LogP contribution < -0.4 is 0 Å². The van der Waals surface area contributed by atoms with E-state index in [4.69, 9.17) is 0 Å². The van der Waals surface area contributed by atoms with E-state index < -0.39 is 17.7 Å². The second kappa shape index (κ2) is 4.13. The number of rotatable bonds is 1. The average molecular weight is 226 g/mol. The number of aliphatic hydroxyl groups excluding tert-OH is 1. The van der Waals surface area contributed by atoms with Gasteiger partial charge >= 0.3 is 0 Å². The molecule has 0 heterocycles. The highest BCUT2D eigenvalue weighted by molar-refractivity contribution is 5.29. The minimum atomic E-state index is -0.758. The van der Waals surface area contributed by atoms with Crippen molar-refractivity contribution >= 4 is 0 Å². The van der Waals surface area contributed by atoms with E-state index in [9.17, 15) is 13.9 Å². The van der Waals surface area contributed by atoms with E-state index in [1.807, 2.05) is 6.92 Å². The van der Waals surface area contributed by atoms with Crippen molar-refractivity contribution in [2.24, 2.45) is 5.92 Å². The zero-order valence-corrected chi connectivity index (χ0v) is 9.50. The van der Waals surface area contributed by atoms with Crippen LogP contribution in [0.5, 0.6) is 0 Å². The van der Waals surface area contributed by atoms with Gasteiger partial charge in [0.05, 0.1) is 6.10 Å². The Morgan fingerprint density at radius 1 is 1.19 bits per heavy atom. The van der Waals surface area contributed by atoms with E-state index in [1.165, 1.54) is 0 Å². The molecule has 16 heavy (non-hydrogen) atoms. The molecule has 1 aromatic carbocycles. The fraction of sp³-hybridized carbons (Fsp3) is 0.538. The van der Waals surface area contributed by atoms with Crippen LogP contribution in [-0.2, 0) is 0 Å². The molecule has 1 fully saturated rings. The molecule has 0 radical (unpaired) electrons. The van der Waals surface area contributed by atoms with Gasteiger partial charge in [0.2, 0.25) is 0 Å². The number of hydrogen-bond acceptors (Lipinski definition) is 1. The molecule has 1 saturated carbocycles. The third-order valence-corrected chi connectivity index (χ3v) is 3.72. The standard InChI is InChI=1S/C13H16F2O/c1-7-3-4-10(13(15)12(7)14)9-5-6-11(16)8(9)2/h3-4,8-9,11,16H,5-6H2,1-2H3. The van der Waals surface area contributed by atoms with Crippen LogP contribution in [0.2, 0.25) is 0 Å². The topological polar surface area (TPSA) is 20.2 Å². The smallest absolute Gasteiger partial charge is 0.162 e. The zero-order valence-electron chi connectivity index (χ0n) is 9.50. The van der Waals surface area contributed by atoms with Crippen LogP contribution in [0.4, 0.5) is 8.78 Å². The van der Waals surface area contributed by atoms with Crippen molar-refractivity contribution in [2.45, 2.75) is 38.7 Å². The molecule has 0 spiro atoms. The summed E-state index contributed by atoms with van der Waals surface area (Å²) in [4.78, 5) is 0. The molecule has 0 saturated heterocycles. The van der Waals surface area contributed by atoms with Gasteiger partial charge in [-0.2, -0.15) is 0 Å². The van der Waals surface area contributed by atoms with Crippen LogP contribution in [0.15, 0.2) is 12.1 Å². The molecule has 0 aromatic heterocycles. The van der Waals surface area contributed by atoms with Gasteiger partial charge < -0.3 is 5.11 Å². The Morgan fingerprint density at radius 2 is 1.88 bits per heavy atom. The Hall–Kier alpha value is -0.960. The van der Waals surface area contributed by atoms with Gasteiger partial charge in [0.25, 0.3) is 0 Å². The van der Waals surface area contributed by atoms with Crippen LogP contribution >= 0.6 is 0 Å². The van der Waals surface area contributed by atoms with Crippen molar-refractivity contribution in [3.63, 3.8) is 0 Å². The Morgan fingerprint density at radius 3 is 2.44 bits per heavy atom. The lowest BCUT2D eigenvalue weighted by Crippen LogP contribution is -2.15. The largest absolute Gasteiger partial charge is 0.393 e. The van der Waals surface area contributed by atoms with Gasteiger partial charge in [-0.15, -0.1) is 0 Å². The Kier molecular flexibility index (Phi) is 2.98. The highest BCUT2D eigenvalue weighted by atomic mass is 19.2. The summed E-state index contributed by atoms with van der Waals surface area (Å²) in [5.74, 6) is -1.57. The van der Waals surface area contributed by atoms with Gasteiger partial charge in [0.15, 0.2) is 11.6 Å². The molecule has 0 bridgehead atoms. The molecule has 1 aromatic rings. The monoisotopic (exact) mass is 226 g/mol. The molecule has 3 heteroatoms. The summed E-state index contributed by atoms with van der Waals surface area (Å²) in [6.45, 7) is 3.44. The van der Waals surface area contributed by atoms with Crippen molar-refractivity contribution < 1.29 is 13.9 Å². The first-order chi connectivity index (χ1) is 7.52. The summed E-state index contributed by atoms with van der Waals surface area (Å²) in [7, 11) is 0. The van der Waals surface area contributed by atoms with E-state index in [-0.39, 0.29) is 11.8 Å². The molecule has 1 aliphatic rings. The number of aryl methyl sites for hydroxylation is 1. The van der Waals surface area contributed by atoms with Crippen LogP contribution in [0.1, 0.15) is 36.8 Å². The minimum absolute atomic E-state index is 0.00314. The van der Waals surface area contributed by atoms with Crippen LogP contribution in [0.3, 0.4) is 0 Å². The van der Waals surface area contributed by atoms with E-state index in [1.54, 1.807) is 19.1 Å². The number of halogens is 2. The van der Waals surface area contributed by atoms with Crippen molar-refractivity contribution in [3.8, 4) is 0 Å².